The van der Waals surface area contributed by atoms with Gasteiger partial charge in [-0.05, 0) is 26.7 Å². The number of aliphatic hydroxyl groups is 4. The van der Waals surface area contributed by atoms with E-state index in [-0.39, 0.29) is 64.4 Å². The number of hydrogen-bond acceptors (Lipinski definition) is 4. The summed E-state index contributed by atoms with van der Waals surface area (Å²) in [5, 5.41) is 30.9. The molecule has 4 nitrogen and oxygen atoms in total. The first kappa shape index (κ1) is 42.9. The fourth-order valence-electron chi connectivity index (χ4n) is 0. The number of hydrogen-bond donors (Lipinski definition) is 4. The maximum Gasteiger partial charge on any atom is 0.0428 e. The van der Waals surface area contributed by atoms with E-state index in [2.05, 4.69) is 0 Å². The van der Waals surface area contributed by atoms with Gasteiger partial charge in [0.2, 0.25) is 0 Å². The second-order valence-electron chi connectivity index (χ2n) is 2.08. The molecule has 0 aliphatic rings. The van der Waals surface area contributed by atoms with E-state index in [1.54, 1.807) is 13.8 Å². The Morgan fingerprint density at radius 1 is 0.529 bits per heavy atom. The summed E-state index contributed by atoms with van der Waals surface area (Å²) >= 11 is 0. The first-order chi connectivity index (χ1) is 6.66. The maximum absolute atomic E-state index is 7.88. The summed E-state index contributed by atoms with van der Waals surface area (Å²) in [5.74, 6) is 0. The molecule has 0 aromatic carbocycles. The van der Waals surface area contributed by atoms with E-state index in [0.29, 0.717) is 13.2 Å². The smallest absolute Gasteiger partial charge is 0.0428 e. The van der Waals surface area contributed by atoms with Crippen LogP contribution >= 0.6 is 0 Å². The second kappa shape index (κ2) is 85.5. The molecule has 17 heavy (non-hydrogen) atoms. The summed E-state index contributed by atoms with van der Waals surface area (Å²) in [6.45, 7) is 8.36. The molecular formula is C10H28Cu3O4. The Balaban J connectivity index is -0.0000000149. The van der Waals surface area contributed by atoms with Gasteiger partial charge in [-0.15, -0.1) is 0 Å². The van der Waals surface area contributed by atoms with E-state index in [4.69, 9.17) is 20.4 Å². The fourth-order valence-corrected chi connectivity index (χ4v) is 0. The summed E-state index contributed by atoms with van der Waals surface area (Å²) in [5.41, 5.74) is 0. The maximum atomic E-state index is 7.88. The first-order valence-electron chi connectivity index (χ1n) is 5.09. The van der Waals surface area contributed by atoms with Crippen molar-refractivity contribution in [3.05, 3.63) is 0 Å². The van der Waals surface area contributed by atoms with Crippen molar-refractivity contribution in [2.45, 2.75) is 40.5 Å². The van der Waals surface area contributed by atoms with Gasteiger partial charge >= 0.3 is 0 Å². The molecule has 4 N–H and O–H groups in total. The van der Waals surface area contributed by atoms with Crippen molar-refractivity contribution in [2.24, 2.45) is 0 Å². The zero-order valence-corrected chi connectivity index (χ0v) is 13.8. The fraction of sp³-hybridized carbons (Fsp3) is 1.00. The molecule has 0 fully saturated rings. The van der Waals surface area contributed by atoms with E-state index < -0.39 is 0 Å². The van der Waals surface area contributed by atoms with Crippen LogP contribution in [0.1, 0.15) is 40.5 Å². The molecule has 0 aliphatic heterocycles. The Morgan fingerprint density at radius 2 is 0.588 bits per heavy atom. The van der Waals surface area contributed by atoms with Gasteiger partial charge in [-0.25, -0.2) is 0 Å². The minimum atomic E-state index is 0. The second-order valence-corrected chi connectivity index (χ2v) is 2.08. The van der Waals surface area contributed by atoms with Crippen LogP contribution in [0.15, 0.2) is 0 Å². The topological polar surface area (TPSA) is 80.9 Å². The van der Waals surface area contributed by atoms with E-state index >= 15 is 0 Å². The summed E-state index contributed by atoms with van der Waals surface area (Å²) in [7, 11) is 0. The van der Waals surface area contributed by atoms with Gasteiger partial charge in [0.15, 0.2) is 0 Å². The third kappa shape index (κ3) is 357. The molecule has 0 saturated heterocycles. The molecule has 0 saturated carbocycles. The van der Waals surface area contributed by atoms with Crippen LogP contribution in [-0.4, -0.2) is 46.9 Å². The Kier molecular flexibility index (Phi) is 216. The third-order valence-electron chi connectivity index (χ3n) is 0.447. The molecule has 0 spiro atoms. The molecule has 0 heterocycles. The van der Waals surface area contributed by atoms with Gasteiger partial charge in [-0.1, -0.05) is 13.8 Å². The molecule has 125 valence electrons. The first-order valence-corrected chi connectivity index (χ1v) is 5.09. The molecule has 0 aliphatic carbocycles. The molecule has 0 atom stereocenters. The average molecular weight is 403 g/mol. The van der Waals surface area contributed by atoms with E-state index in [1.165, 1.54) is 0 Å². The van der Waals surface area contributed by atoms with Gasteiger partial charge in [0.25, 0.3) is 0 Å². The van der Waals surface area contributed by atoms with Crippen LogP contribution in [0, 0.1) is 0 Å². The Hall–Kier alpha value is 1.40. The Bertz CT molecular complexity index is 44.5. The van der Waals surface area contributed by atoms with Crippen molar-refractivity contribution >= 4 is 0 Å². The van der Waals surface area contributed by atoms with Crippen LogP contribution < -0.4 is 0 Å². The van der Waals surface area contributed by atoms with Crippen molar-refractivity contribution in [2.75, 3.05) is 26.4 Å². The van der Waals surface area contributed by atoms with E-state index in [9.17, 15) is 0 Å². The Labute approximate surface area is 138 Å². The predicted octanol–water partition coefficient (Wildman–Crippen LogP) is 0.767. The van der Waals surface area contributed by atoms with Gasteiger partial charge in [-0.2, -0.15) is 0 Å². The van der Waals surface area contributed by atoms with Gasteiger partial charge in [0.1, 0.15) is 0 Å². The molecule has 0 aromatic rings. The van der Waals surface area contributed by atoms with Gasteiger partial charge < -0.3 is 20.4 Å². The Morgan fingerprint density at radius 3 is 0.588 bits per heavy atom. The quantitative estimate of drug-likeness (QED) is 0.514. The summed E-state index contributed by atoms with van der Waals surface area (Å²) in [4.78, 5) is 0. The summed E-state index contributed by atoms with van der Waals surface area (Å²) in [6, 6.07) is 0. The predicted molar refractivity (Wildman–Crippen MR) is 60.3 cm³/mol. The van der Waals surface area contributed by atoms with Crippen molar-refractivity contribution in [1.29, 1.82) is 0 Å². The van der Waals surface area contributed by atoms with Crippen LogP contribution in [-0.2, 0) is 51.2 Å². The molecule has 0 bridgehead atoms. The van der Waals surface area contributed by atoms with Crippen LogP contribution in [0.3, 0.4) is 0 Å². The number of aliphatic hydroxyl groups excluding tert-OH is 4. The minimum Gasteiger partial charge on any atom is -0.397 e. The van der Waals surface area contributed by atoms with Gasteiger partial charge in [0.05, 0.1) is 0 Å². The van der Waals surface area contributed by atoms with E-state index in [0.717, 1.165) is 12.8 Å². The van der Waals surface area contributed by atoms with Crippen molar-refractivity contribution < 1.29 is 71.6 Å². The SMILES string of the molecule is CCCO.CCCO.CCO.CCO.[Cu].[Cu].[Cu]. The number of rotatable bonds is 2. The van der Waals surface area contributed by atoms with Crippen LogP contribution in [0.4, 0.5) is 0 Å². The van der Waals surface area contributed by atoms with Crippen LogP contribution in [0.2, 0.25) is 0 Å². The third-order valence-corrected chi connectivity index (χ3v) is 0.447. The van der Waals surface area contributed by atoms with Crippen molar-refractivity contribution in [1.82, 2.24) is 0 Å². The van der Waals surface area contributed by atoms with Gasteiger partial charge in [-0.3, -0.25) is 0 Å². The molecule has 0 unspecified atom stereocenters. The van der Waals surface area contributed by atoms with Crippen LogP contribution in [0.25, 0.3) is 0 Å². The molecule has 3 radical (unpaired) electrons. The summed E-state index contributed by atoms with van der Waals surface area (Å²) in [6.07, 6.45) is 1.75. The molecular weight excluding hydrogens is 375 g/mol. The molecule has 0 aromatic heterocycles. The minimum absolute atomic E-state index is 0. The monoisotopic (exact) mass is 401 g/mol. The average Bonchev–Trinajstić information content (AvgIpc) is 2.20. The molecule has 0 amide bonds. The van der Waals surface area contributed by atoms with Crippen LogP contribution in [0.5, 0.6) is 0 Å². The molecule has 7 heteroatoms. The zero-order valence-electron chi connectivity index (χ0n) is 10.9. The standard InChI is InChI=1S/2C3H8O.2C2H6O.3Cu/c2*1-2-3-4;2*1-2-3;;;/h2*4H,2-3H2,1H3;2*3H,2H2,1H3;;;. The largest absolute Gasteiger partial charge is 0.397 e. The normalized spacial score (nSPS) is 5.65. The van der Waals surface area contributed by atoms with Crippen molar-refractivity contribution in [3.8, 4) is 0 Å². The summed E-state index contributed by atoms with van der Waals surface area (Å²) < 4.78 is 0. The van der Waals surface area contributed by atoms with Gasteiger partial charge in [0, 0.05) is 77.6 Å². The van der Waals surface area contributed by atoms with E-state index in [1.807, 2.05) is 13.8 Å². The molecule has 0 rings (SSSR count). The zero-order chi connectivity index (χ0) is 12.2. The van der Waals surface area contributed by atoms with Crippen molar-refractivity contribution in [3.63, 3.8) is 0 Å².